The second-order valence-corrected chi connectivity index (χ2v) is 36.0. The number of hydrogen-bond donors (Lipinski definition) is 0. The maximum absolute atomic E-state index is 8.61. The molecule has 0 bridgehead atoms. The van der Waals surface area contributed by atoms with Crippen LogP contribution in [0.25, 0.3) is 11.1 Å². The Balaban J connectivity index is 1.82. The molecule has 5 heteroatoms. The van der Waals surface area contributed by atoms with Gasteiger partial charge in [0.15, 0.2) is 0 Å². The van der Waals surface area contributed by atoms with Gasteiger partial charge in [-0.15, -0.1) is 0 Å². The van der Waals surface area contributed by atoms with E-state index in [-0.39, 0.29) is 18.1 Å². The van der Waals surface area contributed by atoms with E-state index in [9.17, 15) is 0 Å². The third-order valence-corrected chi connectivity index (χ3v) is 29.5. The number of rotatable bonds is 4. The van der Waals surface area contributed by atoms with Crippen molar-refractivity contribution < 1.29 is 15.9 Å². The number of halogens is 4. The third-order valence-electron chi connectivity index (χ3n) is 9.34. The van der Waals surface area contributed by atoms with E-state index in [1.54, 1.807) is 0 Å². The van der Waals surface area contributed by atoms with Gasteiger partial charge in [0, 0.05) is 0 Å². The molecule has 0 aliphatic heterocycles. The number of allylic oxidation sites excluding steroid dienone is 4. The van der Waals surface area contributed by atoms with Crippen LogP contribution in [-0.2, 0) is 26.7 Å². The normalized spacial score (nSPS) is 15.5. The molecule has 44 heavy (non-hydrogen) atoms. The number of fused-ring (bicyclic) bond motifs is 3. The molecule has 0 spiro atoms. The molecule has 0 N–H and O–H groups in total. The van der Waals surface area contributed by atoms with Crippen molar-refractivity contribution in [3.63, 3.8) is 0 Å². The van der Waals surface area contributed by atoms with Gasteiger partial charge in [0.25, 0.3) is 0 Å². The van der Waals surface area contributed by atoms with Crippen molar-refractivity contribution in [3.05, 3.63) is 153 Å². The van der Waals surface area contributed by atoms with Crippen LogP contribution < -0.4 is 0 Å². The summed E-state index contributed by atoms with van der Waals surface area (Å²) < 4.78 is 0.615. The molecule has 4 aromatic rings. The standard InChI is InChI=1S/C21H25.C13H8Cl2.C5H5.2ClH.Zr/c1-20(2,3)16-9-7-14-11-15-8-10-17(21(4,5)6)13-19(15)18(14)12-16;14-12-5-1-3-10(8-12)7-11-4-2-6-13(15)9-11;1-2-4-5-3-1;;;/h7-13H,1-6H3;1-6,8-9H;1-5H;2*1H;/q;;;;;+2/p-2. The van der Waals surface area contributed by atoms with Crippen LogP contribution >= 0.6 is 40.2 Å². The monoisotopic (exact) mass is 736 g/mol. The van der Waals surface area contributed by atoms with Crippen LogP contribution in [0, 0.1) is 0 Å². The summed E-state index contributed by atoms with van der Waals surface area (Å²) in [4.78, 5) is 0. The maximum atomic E-state index is 8.61. The summed E-state index contributed by atoms with van der Waals surface area (Å²) in [5, 5.41) is 1.28. The molecule has 0 saturated carbocycles. The van der Waals surface area contributed by atoms with E-state index in [0.717, 1.165) is 14.3 Å². The second-order valence-electron chi connectivity index (χ2n) is 14.4. The molecule has 0 atom stereocenters. The molecule has 0 aromatic heterocycles. The molecule has 6 rings (SSSR count). The minimum absolute atomic E-state index is 0.00926. The zero-order valence-electron chi connectivity index (χ0n) is 26.1. The number of hydrogen-bond acceptors (Lipinski definition) is 0. The summed E-state index contributed by atoms with van der Waals surface area (Å²) in [5.74, 6) is 0. The van der Waals surface area contributed by atoms with Crippen molar-refractivity contribution in [2.45, 2.75) is 59.6 Å². The Morgan fingerprint density at radius 2 is 1.02 bits per heavy atom. The summed E-state index contributed by atoms with van der Waals surface area (Å²) in [7, 11) is 17.2. The van der Waals surface area contributed by atoms with Crippen LogP contribution in [0.1, 0.15) is 78.5 Å². The van der Waals surface area contributed by atoms with E-state index in [1.807, 2.05) is 36.4 Å². The van der Waals surface area contributed by atoms with Gasteiger partial charge in [0.2, 0.25) is 0 Å². The van der Waals surface area contributed by atoms with E-state index in [4.69, 9.17) is 40.2 Å². The summed E-state index contributed by atoms with van der Waals surface area (Å²) in [6, 6.07) is 29.8. The first kappa shape index (κ1) is 32.2. The first-order chi connectivity index (χ1) is 20.6. The molecule has 0 fully saturated rings. The Hall–Kier alpha value is -1.73. The Labute approximate surface area is 280 Å². The fourth-order valence-electron chi connectivity index (χ4n) is 7.05. The summed E-state index contributed by atoms with van der Waals surface area (Å²) in [5.41, 5.74) is 9.30. The molecule has 0 unspecified atom stereocenters. The molecule has 0 amide bonds. The van der Waals surface area contributed by atoms with E-state index in [2.05, 4.69) is 114 Å². The zero-order chi connectivity index (χ0) is 31.7. The van der Waals surface area contributed by atoms with Gasteiger partial charge in [-0.1, -0.05) is 0 Å². The van der Waals surface area contributed by atoms with Crippen LogP contribution in [0.3, 0.4) is 0 Å². The van der Waals surface area contributed by atoms with Gasteiger partial charge in [0.05, 0.1) is 0 Å². The van der Waals surface area contributed by atoms with Crippen LogP contribution in [-0.4, -0.2) is 3.21 Å². The molecule has 2 aliphatic rings. The number of benzene rings is 4. The van der Waals surface area contributed by atoms with Crippen LogP contribution in [0.4, 0.5) is 0 Å². The van der Waals surface area contributed by atoms with Crippen molar-refractivity contribution in [1.29, 1.82) is 0 Å². The molecule has 0 saturated heterocycles. The van der Waals surface area contributed by atoms with Crippen molar-refractivity contribution in [2.75, 3.05) is 0 Å². The van der Waals surface area contributed by atoms with Crippen LogP contribution in [0.5, 0.6) is 0 Å². The third kappa shape index (κ3) is 5.40. The van der Waals surface area contributed by atoms with Gasteiger partial charge in [0.1, 0.15) is 0 Å². The molecule has 2 aliphatic carbocycles. The van der Waals surface area contributed by atoms with Gasteiger partial charge in [-0.05, 0) is 0 Å². The van der Waals surface area contributed by atoms with Crippen molar-refractivity contribution >= 4 is 43.4 Å². The molecular formula is C39H38Cl4Zr. The molecule has 0 heterocycles. The summed E-state index contributed by atoms with van der Waals surface area (Å²) >= 11 is 7.90. The second kappa shape index (κ2) is 11.2. The predicted molar refractivity (Wildman–Crippen MR) is 191 cm³/mol. The quantitative estimate of drug-likeness (QED) is 0.196. The fourth-order valence-corrected chi connectivity index (χ4v) is 26.8. The van der Waals surface area contributed by atoms with E-state index < -0.39 is 15.9 Å². The minimum atomic E-state index is -5.45. The Kier molecular flexibility index (Phi) is 8.21. The predicted octanol–water partition coefficient (Wildman–Crippen LogP) is 12.8. The van der Waals surface area contributed by atoms with E-state index >= 15 is 0 Å². The van der Waals surface area contributed by atoms with Crippen molar-refractivity contribution in [3.8, 4) is 11.1 Å². The molecule has 0 radical (unpaired) electrons. The van der Waals surface area contributed by atoms with Crippen molar-refractivity contribution in [2.24, 2.45) is 0 Å². The summed E-state index contributed by atoms with van der Waals surface area (Å²) in [6.45, 7) is 13.6. The van der Waals surface area contributed by atoms with E-state index in [1.165, 1.54) is 33.4 Å². The van der Waals surface area contributed by atoms with Crippen LogP contribution in [0.15, 0.2) is 109 Å². The van der Waals surface area contributed by atoms with Gasteiger partial charge < -0.3 is 0 Å². The Bertz CT molecular complexity index is 1800. The van der Waals surface area contributed by atoms with Gasteiger partial charge in [-0.25, -0.2) is 0 Å². The Morgan fingerprint density at radius 1 is 0.591 bits per heavy atom. The van der Waals surface area contributed by atoms with Gasteiger partial charge in [-0.2, -0.15) is 0 Å². The summed E-state index contributed by atoms with van der Waals surface area (Å²) in [6.07, 6.45) is 8.56. The Morgan fingerprint density at radius 3 is 1.41 bits per heavy atom. The zero-order valence-corrected chi connectivity index (χ0v) is 31.5. The molecule has 226 valence electrons. The topological polar surface area (TPSA) is 0 Å². The van der Waals surface area contributed by atoms with E-state index in [0.29, 0.717) is 10.0 Å². The SMILES string of the molecule is CC(C)(C)c1ccc2c(c1)-c1cc(C(C)(C)C)ccc1[CH]2[Zr]([Cl])([Cl])(=[C](c1cccc(Cl)c1)c1cccc(Cl)c1)[CH]1C=CC=C1. The molecular weight excluding hydrogens is 701 g/mol. The molecule has 4 aromatic carbocycles. The van der Waals surface area contributed by atoms with Gasteiger partial charge >= 0.3 is 283 Å². The fraction of sp³-hybridized carbons (Fsp3) is 0.256. The van der Waals surface area contributed by atoms with Crippen molar-refractivity contribution in [1.82, 2.24) is 0 Å². The van der Waals surface area contributed by atoms with Gasteiger partial charge in [-0.3, -0.25) is 0 Å². The first-order valence-electron chi connectivity index (χ1n) is 15.2. The first-order valence-corrected chi connectivity index (χ1v) is 26.3. The van der Waals surface area contributed by atoms with Crippen LogP contribution in [0.2, 0.25) is 13.7 Å². The average Bonchev–Trinajstić information content (AvgIpc) is 3.60. The molecule has 0 nitrogen and oxygen atoms in total. The average molecular weight is 740 g/mol.